The van der Waals surface area contributed by atoms with Gasteiger partial charge in [-0.05, 0) is 77.4 Å². The third kappa shape index (κ3) is 9.03. The summed E-state index contributed by atoms with van der Waals surface area (Å²) in [4.78, 5) is 43.4. The Morgan fingerprint density at radius 2 is 1.82 bits per heavy atom. The number of hydrogen-bond acceptors (Lipinski definition) is 8. The fourth-order valence-electron chi connectivity index (χ4n) is 5.46. The van der Waals surface area contributed by atoms with Crippen LogP contribution in [0.5, 0.6) is 5.75 Å². The summed E-state index contributed by atoms with van der Waals surface area (Å²) in [5.74, 6) is -1.42. The molecule has 0 fully saturated rings. The topological polar surface area (TPSA) is 127 Å². The van der Waals surface area contributed by atoms with Crippen LogP contribution in [0.1, 0.15) is 90.8 Å². The number of hydrogen-bond donors (Lipinski definition) is 0. The predicted octanol–water partition coefficient (Wildman–Crippen LogP) is 7.07. The van der Waals surface area contributed by atoms with Gasteiger partial charge in [0.2, 0.25) is 0 Å². The maximum Gasteiger partial charge on any atom is 0.573 e. The van der Waals surface area contributed by atoms with Crippen molar-refractivity contribution in [3.8, 4) is 11.8 Å². The van der Waals surface area contributed by atoms with Crippen molar-refractivity contribution >= 4 is 29.6 Å². The van der Waals surface area contributed by atoms with Crippen molar-refractivity contribution in [2.24, 2.45) is 0 Å². The standard InChI is InChI=1S/C34H37ClF3N5O6/c1-7-47-31(45)29-26-19-42(30(44)23-10-13-27(35)24(17-23)18-39)20(2)16-28(26)40-43(29)15-14-41(32(46)49-33(4,5)6)21(3)22-8-11-25(12-9-22)48-34(36,37)38/h8-13,17,20-21H,7,14-16,19H2,1-6H3/t20-,21+/m1/s1. The van der Waals surface area contributed by atoms with E-state index in [1.54, 1.807) is 39.5 Å². The van der Waals surface area contributed by atoms with Gasteiger partial charge in [-0.25, -0.2) is 9.59 Å². The lowest BCUT2D eigenvalue weighted by atomic mass is 9.98. The van der Waals surface area contributed by atoms with E-state index in [-0.39, 0.29) is 60.0 Å². The number of aromatic nitrogens is 2. The second-order valence-electron chi connectivity index (χ2n) is 12.5. The zero-order valence-electron chi connectivity index (χ0n) is 27.9. The van der Waals surface area contributed by atoms with Crippen molar-refractivity contribution in [2.75, 3.05) is 13.2 Å². The largest absolute Gasteiger partial charge is 0.573 e. The van der Waals surface area contributed by atoms with Crippen LogP contribution in [0.3, 0.4) is 0 Å². The number of ether oxygens (including phenoxy) is 3. The summed E-state index contributed by atoms with van der Waals surface area (Å²) < 4.78 is 54.6. The molecule has 49 heavy (non-hydrogen) atoms. The van der Waals surface area contributed by atoms with E-state index in [1.807, 2.05) is 13.0 Å². The van der Waals surface area contributed by atoms with Gasteiger partial charge in [-0.15, -0.1) is 13.2 Å². The van der Waals surface area contributed by atoms with Crippen LogP contribution < -0.4 is 4.74 Å². The Morgan fingerprint density at radius 1 is 1.14 bits per heavy atom. The molecule has 0 radical (unpaired) electrons. The van der Waals surface area contributed by atoms with E-state index in [0.29, 0.717) is 23.2 Å². The molecule has 0 aliphatic carbocycles. The minimum absolute atomic E-state index is 0.0102. The van der Waals surface area contributed by atoms with Crippen LogP contribution in [0.25, 0.3) is 0 Å². The SMILES string of the molecule is CCOC(=O)c1c2c(nn1CCN(C(=O)OC(C)(C)C)[C@@H](C)c1ccc(OC(F)(F)F)cc1)C[C@@H](C)N(C(=O)c1ccc(Cl)c(C#N)c1)C2. The maximum atomic E-state index is 13.6. The predicted molar refractivity (Wildman–Crippen MR) is 172 cm³/mol. The fraction of sp³-hybridized carbons (Fsp3) is 0.441. The highest BCUT2D eigenvalue weighted by Crippen LogP contribution is 2.31. The summed E-state index contributed by atoms with van der Waals surface area (Å²) in [6, 6.07) is 10.6. The van der Waals surface area contributed by atoms with Crippen LogP contribution in [0.4, 0.5) is 18.0 Å². The second-order valence-corrected chi connectivity index (χ2v) is 12.9. The van der Waals surface area contributed by atoms with Gasteiger partial charge in [-0.1, -0.05) is 23.7 Å². The highest BCUT2D eigenvalue weighted by atomic mass is 35.5. The van der Waals surface area contributed by atoms with Crippen LogP contribution in [0.15, 0.2) is 42.5 Å². The van der Waals surface area contributed by atoms with E-state index in [0.717, 1.165) is 12.1 Å². The highest BCUT2D eigenvalue weighted by Gasteiger charge is 2.36. The number of nitrogens with zero attached hydrogens (tertiary/aromatic N) is 5. The Morgan fingerprint density at radius 3 is 2.41 bits per heavy atom. The number of alkyl halides is 3. The minimum Gasteiger partial charge on any atom is -0.461 e. The number of halogens is 4. The molecule has 0 bridgehead atoms. The van der Waals surface area contributed by atoms with Crippen molar-refractivity contribution in [2.45, 2.75) is 85.1 Å². The third-order valence-electron chi connectivity index (χ3n) is 7.79. The highest BCUT2D eigenvalue weighted by molar-refractivity contribution is 6.31. The summed E-state index contributed by atoms with van der Waals surface area (Å²) in [7, 11) is 0. The Kier molecular flexibility index (Phi) is 11.2. The van der Waals surface area contributed by atoms with Gasteiger partial charge in [-0.2, -0.15) is 10.4 Å². The van der Waals surface area contributed by atoms with E-state index < -0.39 is 35.8 Å². The number of carbonyl (C=O) groups is 3. The fourth-order valence-corrected chi connectivity index (χ4v) is 5.62. The van der Waals surface area contributed by atoms with Gasteiger partial charge in [-0.3, -0.25) is 14.4 Å². The Balaban J connectivity index is 1.65. The Bertz CT molecular complexity index is 1750. The first kappa shape index (κ1) is 37.1. The van der Waals surface area contributed by atoms with Gasteiger partial charge in [0.1, 0.15) is 17.4 Å². The Hall–Kier alpha value is -4.77. The van der Waals surface area contributed by atoms with Crippen molar-refractivity contribution in [1.82, 2.24) is 19.6 Å². The second kappa shape index (κ2) is 14.8. The molecular weight excluding hydrogens is 667 g/mol. The number of amides is 2. The van der Waals surface area contributed by atoms with E-state index in [4.69, 9.17) is 26.2 Å². The molecule has 0 saturated carbocycles. The number of rotatable bonds is 9. The molecule has 0 unspecified atom stereocenters. The number of fused-ring (bicyclic) bond motifs is 1. The molecule has 15 heteroatoms. The first-order valence-electron chi connectivity index (χ1n) is 15.5. The Labute approximate surface area is 287 Å². The first-order valence-corrected chi connectivity index (χ1v) is 15.9. The quantitative estimate of drug-likeness (QED) is 0.217. The minimum atomic E-state index is -4.85. The third-order valence-corrected chi connectivity index (χ3v) is 8.12. The van der Waals surface area contributed by atoms with E-state index in [2.05, 4.69) is 4.74 Å². The summed E-state index contributed by atoms with van der Waals surface area (Å²) in [5.41, 5.74) is 1.29. The van der Waals surface area contributed by atoms with Crippen molar-refractivity contribution < 1.29 is 41.8 Å². The molecule has 4 rings (SSSR count). The van der Waals surface area contributed by atoms with E-state index in [9.17, 15) is 32.8 Å². The average molecular weight is 704 g/mol. The monoisotopic (exact) mass is 703 g/mol. The van der Waals surface area contributed by atoms with Crippen LogP contribution in [0, 0.1) is 11.3 Å². The molecule has 2 aromatic carbocycles. The number of carbonyl (C=O) groups excluding carboxylic acids is 3. The normalized spacial score (nSPS) is 15.1. The lowest BCUT2D eigenvalue weighted by Gasteiger charge is -2.33. The smallest absolute Gasteiger partial charge is 0.461 e. The summed E-state index contributed by atoms with van der Waals surface area (Å²) in [6.45, 7) is 10.4. The molecule has 1 aliphatic rings. The summed E-state index contributed by atoms with van der Waals surface area (Å²) in [6.07, 6.45) is -5.22. The molecule has 1 aliphatic heterocycles. The average Bonchev–Trinajstić information content (AvgIpc) is 3.36. The van der Waals surface area contributed by atoms with Gasteiger partial charge in [0.05, 0.1) is 42.0 Å². The molecule has 11 nitrogen and oxygen atoms in total. The summed E-state index contributed by atoms with van der Waals surface area (Å²) >= 11 is 6.07. The van der Waals surface area contributed by atoms with Crippen LogP contribution in [-0.4, -0.2) is 68.7 Å². The molecule has 0 saturated heterocycles. The van der Waals surface area contributed by atoms with Gasteiger partial charge < -0.3 is 19.1 Å². The zero-order valence-corrected chi connectivity index (χ0v) is 28.7. The van der Waals surface area contributed by atoms with Crippen molar-refractivity contribution in [1.29, 1.82) is 5.26 Å². The van der Waals surface area contributed by atoms with Crippen LogP contribution >= 0.6 is 11.6 Å². The van der Waals surface area contributed by atoms with Crippen molar-refractivity contribution in [3.05, 3.63) is 81.1 Å². The van der Waals surface area contributed by atoms with Gasteiger partial charge in [0.15, 0.2) is 5.69 Å². The molecule has 1 aromatic heterocycles. The molecule has 2 amide bonds. The number of esters is 1. The molecule has 0 N–H and O–H groups in total. The molecular formula is C34H37ClF3N5O6. The van der Waals surface area contributed by atoms with Gasteiger partial charge in [0.25, 0.3) is 5.91 Å². The maximum absolute atomic E-state index is 13.6. The summed E-state index contributed by atoms with van der Waals surface area (Å²) in [5, 5.41) is 14.3. The van der Waals surface area contributed by atoms with E-state index >= 15 is 0 Å². The first-order chi connectivity index (χ1) is 22.9. The zero-order chi connectivity index (χ0) is 36.3. The number of benzene rings is 2. The molecule has 3 aromatic rings. The van der Waals surface area contributed by atoms with Gasteiger partial charge in [0, 0.05) is 30.1 Å². The molecule has 262 valence electrons. The van der Waals surface area contributed by atoms with Gasteiger partial charge >= 0.3 is 18.4 Å². The molecule has 0 spiro atoms. The molecule has 2 heterocycles. The van der Waals surface area contributed by atoms with E-state index in [1.165, 1.54) is 39.9 Å². The lowest BCUT2D eigenvalue weighted by Crippen LogP contribution is -2.43. The number of nitriles is 1. The van der Waals surface area contributed by atoms with Crippen LogP contribution in [0.2, 0.25) is 5.02 Å². The van der Waals surface area contributed by atoms with Crippen LogP contribution in [-0.2, 0) is 29.0 Å². The lowest BCUT2D eigenvalue weighted by molar-refractivity contribution is -0.274. The molecule has 2 atom stereocenters. The van der Waals surface area contributed by atoms with Crippen molar-refractivity contribution in [3.63, 3.8) is 0 Å².